The first-order chi connectivity index (χ1) is 17.0. The molecule has 0 spiro atoms. The van der Waals surface area contributed by atoms with Crippen molar-refractivity contribution in [1.29, 1.82) is 5.26 Å². The zero-order chi connectivity index (χ0) is 25.0. The molecular formula is C25H29N5O4S. The maximum absolute atomic E-state index is 12.5. The zero-order valence-corrected chi connectivity index (χ0v) is 20.6. The standard InChI is InChI=1S/C25H29N5O4S/c1-17-6-7-22(24-23(17)20(15-26)16-29-24)30-35-21-5-3-4-19(14-21)25(32)28-9-11-34-13-12-33-10-8-27-18(2)31/h3-7,14,16,29-30H,8-13H2,1-2H3,(H,27,31)(H,28,32). The second-order valence-electron chi connectivity index (χ2n) is 7.69. The van der Waals surface area contributed by atoms with Gasteiger partial charge in [0.25, 0.3) is 5.91 Å². The van der Waals surface area contributed by atoms with Gasteiger partial charge in [0.05, 0.1) is 43.2 Å². The Morgan fingerprint density at radius 3 is 2.51 bits per heavy atom. The lowest BCUT2D eigenvalue weighted by Gasteiger charge is -2.10. The molecule has 3 aromatic rings. The number of carbonyl (C=O) groups is 2. The summed E-state index contributed by atoms with van der Waals surface area (Å²) in [5.41, 5.74) is 3.94. The van der Waals surface area contributed by atoms with Crippen molar-refractivity contribution in [3.63, 3.8) is 0 Å². The number of benzene rings is 2. The van der Waals surface area contributed by atoms with E-state index in [1.807, 2.05) is 37.3 Å². The number of ether oxygens (including phenoxy) is 2. The number of rotatable bonds is 13. The number of aromatic amines is 1. The smallest absolute Gasteiger partial charge is 0.251 e. The average molecular weight is 496 g/mol. The van der Waals surface area contributed by atoms with Crippen LogP contribution in [0.15, 0.2) is 47.5 Å². The van der Waals surface area contributed by atoms with Crippen LogP contribution >= 0.6 is 11.9 Å². The molecule has 10 heteroatoms. The van der Waals surface area contributed by atoms with Crippen molar-refractivity contribution in [2.45, 2.75) is 18.7 Å². The Kier molecular flexibility index (Phi) is 9.98. The molecule has 0 aliphatic carbocycles. The molecule has 0 fully saturated rings. The highest BCUT2D eigenvalue weighted by atomic mass is 32.2. The van der Waals surface area contributed by atoms with Crippen LogP contribution in [-0.4, -0.2) is 56.3 Å². The number of aryl methyl sites for hydroxylation is 1. The number of aromatic nitrogens is 1. The van der Waals surface area contributed by atoms with E-state index in [2.05, 4.69) is 26.4 Å². The number of H-pyrrole nitrogens is 1. The summed E-state index contributed by atoms with van der Waals surface area (Å²) in [6.45, 7) is 5.94. The minimum absolute atomic E-state index is 0.0830. The van der Waals surface area contributed by atoms with Crippen LogP contribution in [0.4, 0.5) is 5.69 Å². The molecule has 3 rings (SSSR count). The Hall–Kier alpha value is -3.52. The second kappa shape index (κ2) is 13.4. The highest BCUT2D eigenvalue weighted by Crippen LogP contribution is 2.31. The van der Waals surface area contributed by atoms with E-state index in [9.17, 15) is 14.9 Å². The van der Waals surface area contributed by atoms with Gasteiger partial charge in [-0.1, -0.05) is 12.1 Å². The fraction of sp³-hybridized carbons (Fsp3) is 0.320. The van der Waals surface area contributed by atoms with Gasteiger partial charge in [0, 0.05) is 42.1 Å². The van der Waals surface area contributed by atoms with E-state index >= 15 is 0 Å². The topological polar surface area (TPSA) is 128 Å². The number of nitriles is 1. The molecule has 35 heavy (non-hydrogen) atoms. The van der Waals surface area contributed by atoms with Crippen LogP contribution in [0, 0.1) is 18.3 Å². The van der Waals surface area contributed by atoms with Crippen LogP contribution in [0.2, 0.25) is 0 Å². The summed E-state index contributed by atoms with van der Waals surface area (Å²) < 4.78 is 14.1. The largest absolute Gasteiger partial charge is 0.377 e. The third kappa shape index (κ3) is 7.75. The summed E-state index contributed by atoms with van der Waals surface area (Å²) in [4.78, 5) is 27.3. The second-order valence-corrected chi connectivity index (χ2v) is 8.57. The lowest BCUT2D eigenvalue weighted by atomic mass is 10.1. The van der Waals surface area contributed by atoms with Crippen LogP contribution in [0.25, 0.3) is 10.9 Å². The number of fused-ring (bicyclic) bond motifs is 1. The lowest BCUT2D eigenvalue weighted by molar-refractivity contribution is -0.119. The molecule has 184 valence electrons. The van der Waals surface area contributed by atoms with Crippen molar-refractivity contribution < 1.29 is 19.1 Å². The third-order valence-electron chi connectivity index (χ3n) is 5.06. The summed E-state index contributed by atoms with van der Waals surface area (Å²) in [7, 11) is 0. The number of nitrogens with one attached hydrogen (secondary N) is 4. The van der Waals surface area contributed by atoms with Crippen molar-refractivity contribution in [2.24, 2.45) is 0 Å². The van der Waals surface area contributed by atoms with E-state index in [4.69, 9.17) is 9.47 Å². The van der Waals surface area contributed by atoms with Crippen LogP contribution in [0.1, 0.15) is 28.4 Å². The van der Waals surface area contributed by atoms with Crippen molar-refractivity contribution >= 4 is 40.4 Å². The number of hydrogen-bond acceptors (Lipinski definition) is 7. The van der Waals surface area contributed by atoms with Gasteiger partial charge in [-0.15, -0.1) is 0 Å². The molecule has 0 saturated heterocycles. The van der Waals surface area contributed by atoms with Gasteiger partial charge in [-0.2, -0.15) is 5.26 Å². The fourth-order valence-corrected chi connectivity index (χ4v) is 4.10. The van der Waals surface area contributed by atoms with Gasteiger partial charge in [-0.05, 0) is 48.7 Å². The summed E-state index contributed by atoms with van der Waals surface area (Å²) in [5.74, 6) is -0.260. The lowest BCUT2D eigenvalue weighted by Crippen LogP contribution is -2.28. The van der Waals surface area contributed by atoms with Crippen molar-refractivity contribution in [2.75, 3.05) is 44.2 Å². The van der Waals surface area contributed by atoms with Gasteiger partial charge < -0.3 is 29.8 Å². The average Bonchev–Trinajstić information content (AvgIpc) is 3.30. The predicted octanol–water partition coefficient (Wildman–Crippen LogP) is 3.37. The van der Waals surface area contributed by atoms with Gasteiger partial charge in [-0.3, -0.25) is 9.59 Å². The van der Waals surface area contributed by atoms with E-state index in [1.54, 1.807) is 12.3 Å². The quantitative estimate of drug-likeness (QED) is 0.211. The number of hydrogen-bond donors (Lipinski definition) is 4. The summed E-state index contributed by atoms with van der Waals surface area (Å²) in [6, 6.07) is 13.5. The highest BCUT2D eigenvalue weighted by molar-refractivity contribution is 8.00. The normalized spacial score (nSPS) is 10.7. The Morgan fingerprint density at radius 1 is 1.06 bits per heavy atom. The van der Waals surface area contributed by atoms with Crippen LogP contribution in [0.5, 0.6) is 0 Å². The van der Waals surface area contributed by atoms with E-state index in [0.717, 1.165) is 27.0 Å². The summed E-state index contributed by atoms with van der Waals surface area (Å²) >= 11 is 1.39. The molecule has 1 heterocycles. The third-order valence-corrected chi connectivity index (χ3v) is 5.88. The molecule has 0 unspecified atom stereocenters. The first-order valence-corrected chi connectivity index (χ1v) is 12.0. The molecule has 0 aliphatic rings. The Balaban J connectivity index is 1.42. The van der Waals surface area contributed by atoms with Gasteiger partial charge in [-0.25, -0.2) is 0 Å². The van der Waals surface area contributed by atoms with E-state index in [0.29, 0.717) is 50.6 Å². The molecule has 9 nitrogen and oxygen atoms in total. The van der Waals surface area contributed by atoms with Crippen molar-refractivity contribution in [3.05, 3.63) is 59.3 Å². The first-order valence-electron chi connectivity index (χ1n) is 11.2. The molecule has 0 atom stereocenters. The summed E-state index contributed by atoms with van der Waals surface area (Å²) in [5, 5.41) is 15.7. The predicted molar refractivity (Wildman–Crippen MR) is 136 cm³/mol. The van der Waals surface area contributed by atoms with Gasteiger partial charge in [0.2, 0.25) is 5.91 Å². The number of carbonyl (C=O) groups excluding carboxylic acids is 2. The summed E-state index contributed by atoms with van der Waals surface area (Å²) in [6.07, 6.45) is 1.71. The fourth-order valence-electron chi connectivity index (χ4n) is 3.37. The van der Waals surface area contributed by atoms with Gasteiger partial charge in [0.15, 0.2) is 0 Å². The number of anilines is 1. The molecule has 1 aromatic heterocycles. The zero-order valence-electron chi connectivity index (χ0n) is 19.8. The molecule has 0 aliphatic heterocycles. The van der Waals surface area contributed by atoms with Gasteiger partial charge >= 0.3 is 0 Å². The molecule has 2 aromatic carbocycles. The highest BCUT2D eigenvalue weighted by Gasteiger charge is 2.11. The minimum Gasteiger partial charge on any atom is -0.377 e. The Labute approximate surface area is 208 Å². The van der Waals surface area contributed by atoms with Crippen molar-refractivity contribution in [3.8, 4) is 6.07 Å². The Bertz CT molecular complexity index is 1200. The van der Waals surface area contributed by atoms with E-state index in [-0.39, 0.29) is 11.8 Å². The molecule has 0 radical (unpaired) electrons. The van der Waals surface area contributed by atoms with Crippen LogP contribution in [0.3, 0.4) is 0 Å². The van der Waals surface area contributed by atoms with Gasteiger partial charge in [0.1, 0.15) is 6.07 Å². The SMILES string of the molecule is CC(=O)NCCOCCOCCNC(=O)c1cccc(SNc2ccc(C)c3c(C#N)c[nH]c23)c1. The van der Waals surface area contributed by atoms with Crippen LogP contribution < -0.4 is 15.4 Å². The maximum atomic E-state index is 12.5. The molecular weight excluding hydrogens is 466 g/mol. The number of amides is 2. The van der Waals surface area contributed by atoms with Crippen LogP contribution in [-0.2, 0) is 14.3 Å². The molecule has 2 amide bonds. The van der Waals surface area contributed by atoms with Crippen molar-refractivity contribution in [1.82, 2.24) is 15.6 Å². The molecule has 0 bridgehead atoms. The number of nitrogens with zero attached hydrogens (tertiary/aromatic N) is 1. The Morgan fingerprint density at radius 2 is 1.80 bits per heavy atom. The van der Waals surface area contributed by atoms with E-state index in [1.165, 1.54) is 18.9 Å². The monoisotopic (exact) mass is 495 g/mol. The van der Waals surface area contributed by atoms with E-state index < -0.39 is 0 Å². The molecule has 0 saturated carbocycles. The maximum Gasteiger partial charge on any atom is 0.251 e. The first kappa shape index (κ1) is 26.1. The minimum atomic E-state index is -0.177. The molecule has 4 N–H and O–H groups in total.